The van der Waals surface area contributed by atoms with E-state index in [1.165, 1.54) is 6.33 Å². The zero-order valence-corrected chi connectivity index (χ0v) is 10.9. The van der Waals surface area contributed by atoms with E-state index in [4.69, 9.17) is 0 Å². The van der Waals surface area contributed by atoms with Crippen LogP contribution < -0.4 is 5.32 Å². The third-order valence-corrected chi connectivity index (χ3v) is 2.98. The molecule has 0 unspecified atom stereocenters. The Morgan fingerprint density at radius 2 is 2.00 bits per heavy atom. The van der Waals surface area contributed by atoms with E-state index in [9.17, 15) is 8.78 Å². The van der Waals surface area contributed by atoms with Gasteiger partial charge in [0.25, 0.3) is 0 Å². The number of rotatable bonds is 2. The third kappa shape index (κ3) is 1.97. The molecular formula is C13H11F2N5. The highest BCUT2D eigenvalue weighted by atomic mass is 19.1. The van der Waals surface area contributed by atoms with Crippen molar-refractivity contribution in [2.45, 2.75) is 6.92 Å². The second-order valence-corrected chi connectivity index (χ2v) is 4.38. The largest absolute Gasteiger partial charge is 0.337 e. The zero-order chi connectivity index (χ0) is 14.3. The van der Waals surface area contributed by atoms with Crippen molar-refractivity contribution in [3.63, 3.8) is 0 Å². The van der Waals surface area contributed by atoms with Crippen molar-refractivity contribution in [1.29, 1.82) is 0 Å². The monoisotopic (exact) mass is 275 g/mol. The van der Waals surface area contributed by atoms with Gasteiger partial charge in [0.05, 0.1) is 16.8 Å². The predicted molar refractivity (Wildman–Crippen MR) is 70.7 cm³/mol. The molecule has 0 radical (unpaired) electrons. The Morgan fingerprint density at radius 3 is 2.80 bits per heavy atom. The molecule has 0 fully saturated rings. The fourth-order valence-electron chi connectivity index (χ4n) is 2.09. The molecule has 0 atom stereocenters. The molecule has 3 aromatic rings. The van der Waals surface area contributed by atoms with Crippen molar-refractivity contribution in [3.05, 3.63) is 41.9 Å². The summed E-state index contributed by atoms with van der Waals surface area (Å²) >= 11 is 0. The molecule has 0 bridgehead atoms. The molecule has 0 aliphatic heterocycles. The summed E-state index contributed by atoms with van der Waals surface area (Å²) in [5, 5.41) is 7.71. The summed E-state index contributed by atoms with van der Waals surface area (Å²) < 4.78 is 28.5. The molecule has 3 rings (SSSR count). The average Bonchev–Trinajstić information content (AvgIpc) is 2.71. The Labute approximate surface area is 113 Å². The average molecular weight is 275 g/mol. The molecule has 2 aromatic heterocycles. The van der Waals surface area contributed by atoms with Crippen LogP contribution in [0.2, 0.25) is 0 Å². The fraction of sp³-hybridized carbons (Fsp3) is 0.154. The number of fused-ring (bicyclic) bond motifs is 1. The van der Waals surface area contributed by atoms with Gasteiger partial charge in [0.1, 0.15) is 23.8 Å². The summed E-state index contributed by atoms with van der Waals surface area (Å²) in [6, 6.07) is 3.20. The number of aryl methyl sites for hydroxylation is 2. The van der Waals surface area contributed by atoms with Crippen LogP contribution in [0.5, 0.6) is 0 Å². The minimum absolute atomic E-state index is 0.0215. The summed E-state index contributed by atoms with van der Waals surface area (Å²) in [5.74, 6) is -0.688. The second kappa shape index (κ2) is 4.52. The van der Waals surface area contributed by atoms with E-state index in [0.29, 0.717) is 22.5 Å². The quantitative estimate of drug-likeness (QED) is 0.781. The Hall–Kier alpha value is -2.57. The van der Waals surface area contributed by atoms with E-state index in [2.05, 4.69) is 20.4 Å². The maximum Gasteiger partial charge on any atom is 0.163 e. The standard InChI is InChI=1S/C13H11F2N5/c1-7-11-12(16-6-17-13(11)20(2)19-7)18-10-5-8(14)3-4-9(10)15/h3-6H,1-2H3,(H,16,17,18). The smallest absolute Gasteiger partial charge is 0.163 e. The van der Waals surface area contributed by atoms with Crippen molar-refractivity contribution in [3.8, 4) is 0 Å². The van der Waals surface area contributed by atoms with Crippen LogP contribution in [0, 0.1) is 18.6 Å². The molecule has 102 valence electrons. The number of halogens is 2. The first-order valence-electron chi connectivity index (χ1n) is 5.92. The van der Waals surface area contributed by atoms with Gasteiger partial charge in [0.2, 0.25) is 0 Å². The number of aromatic nitrogens is 4. The highest BCUT2D eigenvalue weighted by Gasteiger charge is 2.13. The molecule has 5 nitrogen and oxygen atoms in total. The van der Waals surface area contributed by atoms with Gasteiger partial charge in [-0.25, -0.2) is 18.7 Å². The maximum atomic E-state index is 13.7. The molecule has 1 aromatic carbocycles. The minimum Gasteiger partial charge on any atom is -0.337 e. The van der Waals surface area contributed by atoms with Crippen LogP contribution in [0.25, 0.3) is 11.0 Å². The normalized spacial score (nSPS) is 11.0. The van der Waals surface area contributed by atoms with Crippen LogP contribution >= 0.6 is 0 Å². The molecule has 0 amide bonds. The summed E-state index contributed by atoms with van der Waals surface area (Å²) in [6.07, 6.45) is 1.35. The van der Waals surface area contributed by atoms with Gasteiger partial charge in [-0.15, -0.1) is 0 Å². The van der Waals surface area contributed by atoms with Crippen LogP contribution in [-0.4, -0.2) is 19.7 Å². The Kier molecular flexibility index (Phi) is 2.81. The molecule has 0 saturated heterocycles. The number of hydrogen-bond acceptors (Lipinski definition) is 4. The number of nitrogens with zero attached hydrogens (tertiary/aromatic N) is 4. The van der Waals surface area contributed by atoms with E-state index < -0.39 is 11.6 Å². The lowest BCUT2D eigenvalue weighted by atomic mass is 10.2. The highest BCUT2D eigenvalue weighted by molar-refractivity contribution is 5.90. The van der Waals surface area contributed by atoms with E-state index in [1.54, 1.807) is 18.7 Å². The van der Waals surface area contributed by atoms with Crippen molar-refractivity contribution >= 4 is 22.5 Å². The maximum absolute atomic E-state index is 13.7. The summed E-state index contributed by atoms with van der Waals surface area (Å²) in [7, 11) is 1.76. The Morgan fingerprint density at radius 1 is 1.20 bits per heavy atom. The first-order chi connectivity index (χ1) is 9.56. The molecule has 0 aliphatic rings. The lowest BCUT2D eigenvalue weighted by Gasteiger charge is -2.08. The fourth-order valence-corrected chi connectivity index (χ4v) is 2.09. The Balaban J connectivity index is 2.13. The molecule has 20 heavy (non-hydrogen) atoms. The first-order valence-corrected chi connectivity index (χ1v) is 5.92. The van der Waals surface area contributed by atoms with Gasteiger partial charge < -0.3 is 5.32 Å². The molecule has 0 aliphatic carbocycles. The van der Waals surface area contributed by atoms with Crippen LogP contribution in [0.4, 0.5) is 20.3 Å². The Bertz CT molecular complexity index is 797. The topological polar surface area (TPSA) is 55.6 Å². The van der Waals surface area contributed by atoms with Crippen molar-refractivity contribution in [2.75, 3.05) is 5.32 Å². The second-order valence-electron chi connectivity index (χ2n) is 4.38. The number of benzene rings is 1. The molecule has 7 heteroatoms. The minimum atomic E-state index is -0.556. The van der Waals surface area contributed by atoms with Crippen molar-refractivity contribution in [2.24, 2.45) is 7.05 Å². The van der Waals surface area contributed by atoms with Crippen molar-refractivity contribution in [1.82, 2.24) is 19.7 Å². The number of hydrogen-bond donors (Lipinski definition) is 1. The molecule has 2 heterocycles. The van der Waals surface area contributed by atoms with Crippen LogP contribution in [-0.2, 0) is 7.05 Å². The summed E-state index contributed by atoms with van der Waals surface area (Å²) in [4.78, 5) is 8.21. The van der Waals surface area contributed by atoms with E-state index in [-0.39, 0.29) is 5.69 Å². The molecule has 0 spiro atoms. The highest BCUT2D eigenvalue weighted by Crippen LogP contribution is 2.26. The molecule has 1 N–H and O–H groups in total. The van der Waals surface area contributed by atoms with Crippen LogP contribution in [0.3, 0.4) is 0 Å². The van der Waals surface area contributed by atoms with E-state index in [1.807, 2.05) is 0 Å². The van der Waals surface area contributed by atoms with Crippen molar-refractivity contribution < 1.29 is 8.78 Å². The lowest BCUT2D eigenvalue weighted by Crippen LogP contribution is -1.99. The summed E-state index contributed by atoms with van der Waals surface area (Å²) in [5.41, 5.74) is 1.35. The van der Waals surface area contributed by atoms with Crippen LogP contribution in [0.1, 0.15) is 5.69 Å². The van der Waals surface area contributed by atoms with Gasteiger partial charge in [-0.3, -0.25) is 4.68 Å². The third-order valence-electron chi connectivity index (χ3n) is 2.98. The SMILES string of the molecule is Cc1nn(C)c2ncnc(Nc3cc(F)ccc3F)c12. The van der Waals surface area contributed by atoms with E-state index in [0.717, 1.165) is 18.2 Å². The zero-order valence-electron chi connectivity index (χ0n) is 10.9. The van der Waals surface area contributed by atoms with Crippen LogP contribution in [0.15, 0.2) is 24.5 Å². The van der Waals surface area contributed by atoms with Gasteiger partial charge in [0, 0.05) is 13.1 Å². The van der Waals surface area contributed by atoms with E-state index >= 15 is 0 Å². The lowest BCUT2D eigenvalue weighted by molar-refractivity contribution is 0.603. The number of nitrogens with one attached hydrogen (secondary N) is 1. The molecular weight excluding hydrogens is 264 g/mol. The predicted octanol–water partition coefficient (Wildman–Crippen LogP) is 2.69. The number of anilines is 2. The van der Waals surface area contributed by atoms with Gasteiger partial charge in [-0.1, -0.05) is 0 Å². The summed E-state index contributed by atoms with van der Waals surface area (Å²) in [6.45, 7) is 1.80. The van der Waals surface area contributed by atoms with Gasteiger partial charge in [0.15, 0.2) is 5.65 Å². The van der Waals surface area contributed by atoms with Gasteiger partial charge in [-0.05, 0) is 19.1 Å². The first kappa shape index (κ1) is 12.5. The molecule has 0 saturated carbocycles. The van der Waals surface area contributed by atoms with Gasteiger partial charge >= 0.3 is 0 Å². The van der Waals surface area contributed by atoms with Gasteiger partial charge in [-0.2, -0.15) is 5.10 Å².